The molecular formula is C30H40N4O6. The lowest BCUT2D eigenvalue weighted by atomic mass is 9.89. The third kappa shape index (κ3) is 5.09. The molecule has 5 fully saturated rings. The molecular weight excluding hydrogens is 512 g/mol. The van der Waals surface area contributed by atoms with Crippen molar-refractivity contribution in [3.8, 4) is 0 Å². The summed E-state index contributed by atoms with van der Waals surface area (Å²) >= 11 is 0. The van der Waals surface area contributed by atoms with Crippen molar-refractivity contribution in [3.63, 3.8) is 0 Å². The highest BCUT2D eigenvalue weighted by Crippen LogP contribution is 2.44. The summed E-state index contributed by atoms with van der Waals surface area (Å²) < 4.78 is 12.1. The van der Waals surface area contributed by atoms with Gasteiger partial charge in [-0.05, 0) is 50.7 Å². The van der Waals surface area contributed by atoms with Crippen molar-refractivity contribution in [2.24, 2.45) is 0 Å². The van der Waals surface area contributed by atoms with Crippen LogP contribution in [0, 0.1) is 0 Å². The number of carbonyl (C=O) groups excluding carboxylic acids is 1. The molecule has 7 rings (SSSR count). The predicted molar refractivity (Wildman–Crippen MR) is 147 cm³/mol. The molecule has 3 N–H and O–H groups in total. The molecule has 4 aliphatic heterocycles. The number of epoxide rings is 2. The van der Waals surface area contributed by atoms with Crippen LogP contribution in [0.25, 0.3) is 11.0 Å². The van der Waals surface area contributed by atoms with E-state index in [0.29, 0.717) is 23.6 Å². The maximum atomic E-state index is 14.0. The molecule has 1 amide bonds. The van der Waals surface area contributed by atoms with Gasteiger partial charge >= 0.3 is 0 Å². The van der Waals surface area contributed by atoms with E-state index in [9.17, 15) is 19.8 Å². The molecule has 1 aromatic heterocycles. The number of aromatic nitrogens is 2. The van der Waals surface area contributed by atoms with Crippen molar-refractivity contribution in [1.82, 2.24) is 19.8 Å². The Bertz CT molecular complexity index is 1290. The van der Waals surface area contributed by atoms with E-state index >= 15 is 0 Å². The van der Waals surface area contributed by atoms with Gasteiger partial charge in [0.15, 0.2) is 18.3 Å². The van der Waals surface area contributed by atoms with Gasteiger partial charge in [-0.2, -0.15) is 0 Å². The van der Waals surface area contributed by atoms with Crippen LogP contribution in [0.4, 0.5) is 0 Å². The highest BCUT2D eigenvalue weighted by atomic mass is 16.7. The summed E-state index contributed by atoms with van der Waals surface area (Å²) in [6, 6.07) is 8.55. The number of para-hydroxylation sites is 2. The number of ether oxygens (including phenoxy) is 2. The minimum absolute atomic E-state index is 0.00801. The van der Waals surface area contributed by atoms with Gasteiger partial charge in [0.1, 0.15) is 12.2 Å². The highest BCUT2D eigenvalue weighted by molar-refractivity contribution is 5.94. The van der Waals surface area contributed by atoms with Gasteiger partial charge in [0.05, 0.1) is 17.1 Å². The van der Waals surface area contributed by atoms with Gasteiger partial charge in [-0.15, -0.1) is 0 Å². The van der Waals surface area contributed by atoms with Crippen molar-refractivity contribution in [1.29, 1.82) is 0 Å². The van der Waals surface area contributed by atoms with Gasteiger partial charge < -0.3 is 29.6 Å². The Balaban J connectivity index is 1.16. The monoisotopic (exact) mass is 552 g/mol. The minimum Gasteiger partial charge on any atom is -0.366 e. The van der Waals surface area contributed by atoms with Crippen LogP contribution >= 0.6 is 0 Å². The van der Waals surface area contributed by atoms with E-state index in [1.807, 2.05) is 28.8 Å². The Morgan fingerprint density at radius 2 is 1.57 bits per heavy atom. The summed E-state index contributed by atoms with van der Waals surface area (Å²) in [5, 5.41) is 22.3. The van der Waals surface area contributed by atoms with Crippen LogP contribution in [-0.2, 0) is 9.47 Å². The maximum Gasteiger partial charge on any atom is 0.282 e. The lowest BCUT2D eigenvalue weighted by Gasteiger charge is -2.45. The van der Waals surface area contributed by atoms with Crippen LogP contribution in [0.15, 0.2) is 29.1 Å². The first-order chi connectivity index (χ1) is 19.5. The fourth-order valence-electron chi connectivity index (χ4n) is 7.87. The number of hydrogen-bond acceptors (Lipinski definition) is 8. The van der Waals surface area contributed by atoms with E-state index < -0.39 is 36.7 Å². The molecule has 0 spiro atoms. The van der Waals surface area contributed by atoms with Gasteiger partial charge in [-0.3, -0.25) is 14.5 Å². The van der Waals surface area contributed by atoms with Crippen molar-refractivity contribution in [2.45, 2.75) is 132 Å². The van der Waals surface area contributed by atoms with Crippen molar-refractivity contribution in [2.75, 3.05) is 0 Å². The van der Waals surface area contributed by atoms with Crippen LogP contribution in [0.3, 0.4) is 0 Å². The molecule has 1 saturated carbocycles. The Morgan fingerprint density at radius 3 is 2.23 bits per heavy atom. The fourth-order valence-corrected chi connectivity index (χ4v) is 7.87. The number of piperidine rings is 1. The molecule has 5 heterocycles. The van der Waals surface area contributed by atoms with Gasteiger partial charge in [0.2, 0.25) is 0 Å². The summed E-state index contributed by atoms with van der Waals surface area (Å²) in [5.41, 5.74) is 0.853. The van der Waals surface area contributed by atoms with Crippen LogP contribution in [-0.4, -0.2) is 79.5 Å². The largest absolute Gasteiger partial charge is 0.366 e. The molecule has 10 heteroatoms. The highest BCUT2D eigenvalue weighted by Gasteiger charge is 2.50. The zero-order valence-corrected chi connectivity index (χ0v) is 22.9. The van der Waals surface area contributed by atoms with E-state index in [1.54, 1.807) is 0 Å². The molecule has 1 aromatic carbocycles. The van der Waals surface area contributed by atoms with Gasteiger partial charge in [-0.1, -0.05) is 44.2 Å². The van der Waals surface area contributed by atoms with E-state index in [1.165, 1.54) is 57.8 Å². The summed E-state index contributed by atoms with van der Waals surface area (Å²) in [5.74, 6) is -0.595. The molecule has 0 radical (unpaired) electrons. The standard InChI is InChI=1S/C30H40N4O6/c35-27(32-22(26-30(38)40-26)16-24-29(37)39-24)25-28(36)34(23-11-7-6-10-21(23)31-25)20-14-18-12-13-19(15-20)33(18)17-8-4-2-1-3-5-9-17/h6-7,10-11,17-20,22,24,26,29-30,37-38H,1-5,8-9,12-16H2,(H,32,35)/t18-,19+,20?,22?,24?,26?,29?,30?. The number of carbonyl (C=O) groups is 1. The topological polar surface area (TPSA) is 133 Å². The Hall–Kier alpha value is -2.37. The number of rotatable bonds is 7. The zero-order valence-electron chi connectivity index (χ0n) is 22.9. The minimum atomic E-state index is -0.985. The molecule has 6 unspecified atom stereocenters. The smallest absolute Gasteiger partial charge is 0.282 e. The molecule has 2 aromatic rings. The number of nitrogens with zero attached hydrogens (tertiary/aromatic N) is 3. The molecule has 216 valence electrons. The predicted octanol–water partition coefficient (Wildman–Crippen LogP) is 2.60. The molecule has 2 bridgehead atoms. The normalized spacial score (nSPS) is 35.2. The van der Waals surface area contributed by atoms with E-state index in [2.05, 4.69) is 15.2 Å². The Kier molecular flexibility index (Phi) is 7.16. The van der Waals surface area contributed by atoms with Gasteiger partial charge in [0.25, 0.3) is 11.5 Å². The van der Waals surface area contributed by atoms with Gasteiger partial charge in [0, 0.05) is 30.6 Å². The SMILES string of the molecule is O=C(NC(CC1OC1O)C1OC1O)c1nc2ccccc2n(C2C[C@H]3CC[C@@H](C2)N3C2CCCCCCC2)c1=O. The van der Waals surface area contributed by atoms with Gasteiger partial charge in [-0.25, -0.2) is 4.98 Å². The number of benzene rings is 1. The van der Waals surface area contributed by atoms with E-state index in [0.717, 1.165) is 18.4 Å². The molecule has 5 aliphatic rings. The van der Waals surface area contributed by atoms with E-state index in [4.69, 9.17) is 9.47 Å². The van der Waals surface area contributed by atoms with Crippen LogP contribution in [0.1, 0.15) is 93.6 Å². The quantitative estimate of drug-likeness (QED) is 0.447. The molecule has 40 heavy (non-hydrogen) atoms. The molecule has 8 atom stereocenters. The molecule has 10 nitrogen and oxygen atoms in total. The Labute approximate surface area is 233 Å². The first-order valence-corrected chi connectivity index (χ1v) is 15.2. The third-order valence-electron chi connectivity index (χ3n) is 9.89. The molecule has 1 aliphatic carbocycles. The lowest BCUT2D eigenvalue weighted by molar-refractivity contribution is 0.0497. The summed E-state index contributed by atoms with van der Waals surface area (Å²) in [4.78, 5) is 34.8. The average molecular weight is 553 g/mol. The first kappa shape index (κ1) is 26.5. The third-order valence-corrected chi connectivity index (χ3v) is 9.89. The number of aliphatic hydroxyl groups excluding tert-OH is 2. The number of amides is 1. The molecule has 4 saturated heterocycles. The van der Waals surface area contributed by atoms with E-state index in [-0.39, 0.29) is 23.7 Å². The summed E-state index contributed by atoms with van der Waals surface area (Å²) in [7, 11) is 0. The number of aliphatic hydroxyl groups is 2. The maximum absolute atomic E-state index is 14.0. The fraction of sp³-hybridized carbons (Fsp3) is 0.700. The second kappa shape index (κ2) is 10.8. The Morgan fingerprint density at radius 1 is 0.925 bits per heavy atom. The van der Waals surface area contributed by atoms with Crippen LogP contribution < -0.4 is 10.9 Å². The van der Waals surface area contributed by atoms with Crippen LogP contribution in [0.2, 0.25) is 0 Å². The number of hydrogen-bond donors (Lipinski definition) is 3. The average Bonchev–Trinajstić information content (AvgIpc) is 3.81. The number of nitrogens with one attached hydrogen (secondary N) is 1. The van der Waals surface area contributed by atoms with Crippen molar-refractivity contribution < 1.29 is 24.5 Å². The van der Waals surface area contributed by atoms with Crippen molar-refractivity contribution >= 4 is 16.9 Å². The van der Waals surface area contributed by atoms with Crippen molar-refractivity contribution in [3.05, 3.63) is 40.3 Å². The first-order valence-electron chi connectivity index (χ1n) is 15.2. The summed E-state index contributed by atoms with van der Waals surface area (Å²) in [6.07, 6.45) is 10.8. The second-order valence-electron chi connectivity index (χ2n) is 12.5. The second-order valence-corrected chi connectivity index (χ2v) is 12.5. The lowest BCUT2D eigenvalue weighted by Crippen LogP contribution is -2.50. The zero-order chi connectivity index (χ0) is 27.4. The summed E-state index contributed by atoms with van der Waals surface area (Å²) in [6.45, 7) is 0. The number of fused-ring (bicyclic) bond motifs is 3. The van der Waals surface area contributed by atoms with Crippen LogP contribution in [0.5, 0.6) is 0 Å².